The van der Waals surface area contributed by atoms with E-state index in [1.54, 1.807) is 0 Å². The number of aliphatic hydroxyl groups is 1. The van der Waals surface area contributed by atoms with Crippen LogP contribution in [-0.4, -0.2) is 61.4 Å². The summed E-state index contributed by atoms with van der Waals surface area (Å²) >= 11 is 0. The third kappa shape index (κ3) is 32.1. The fraction of sp³-hybridized carbons (Fsp3) is 0.952. The molecule has 48 heavy (non-hydrogen) atoms. The van der Waals surface area contributed by atoms with Gasteiger partial charge in [-0.3, -0.25) is 9.59 Å². The lowest BCUT2D eigenvalue weighted by Crippen LogP contribution is -2.28. The molecule has 6 nitrogen and oxygen atoms in total. The van der Waals surface area contributed by atoms with Crippen molar-refractivity contribution in [2.75, 3.05) is 39.5 Å². The molecule has 6 heteroatoms. The Balaban J connectivity index is 3.85. The summed E-state index contributed by atoms with van der Waals surface area (Å²) in [6, 6.07) is 0. The third-order valence-corrected chi connectivity index (χ3v) is 9.95. The first-order valence-corrected chi connectivity index (χ1v) is 21.1. The summed E-state index contributed by atoms with van der Waals surface area (Å²) in [5.74, 6) is 0.802. The van der Waals surface area contributed by atoms with Crippen molar-refractivity contribution in [3.63, 3.8) is 0 Å². The lowest BCUT2D eigenvalue weighted by molar-refractivity contribution is -0.148. The summed E-state index contributed by atoms with van der Waals surface area (Å²) in [5.41, 5.74) is 0. The number of aliphatic hydroxyl groups excluding tert-OH is 1. The molecule has 0 spiro atoms. The van der Waals surface area contributed by atoms with Crippen LogP contribution in [0.25, 0.3) is 0 Å². The predicted octanol–water partition coefficient (Wildman–Crippen LogP) is 11.6. The van der Waals surface area contributed by atoms with E-state index in [4.69, 9.17) is 9.47 Å². The molecule has 1 unspecified atom stereocenters. The van der Waals surface area contributed by atoms with Gasteiger partial charge in [-0.1, -0.05) is 150 Å². The van der Waals surface area contributed by atoms with E-state index in [9.17, 15) is 14.7 Å². The van der Waals surface area contributed by atoms with Crippen LogP contribution in [0.3, 0.4) is 0 Å². The number of esters is 2. The molecule has 0 aromatic carbocycles. The minimum atomic E-state index is -0.0277. The van der Waals surface area contributed by atoms with Crippen molar-refractivity contribution in [3.05, 3.63) is 0 Å². The first kappa shape index (κ1) is 46.9. The van der Waals surface area contributed by atoms with Crippen molar-refractivity contribution in [1.29, 1.82) is 0 Å². The number of carbonyl (C=O) groups excluding carboxylic acids is 2. The van der Waals surface area contributed by atoms with Gasteiger partial charge in [0.1, 0.15) is 0 Å². The molecular weight excluding hydrogens is 598 g/mol. The number of carbonyl (C=O) groups is 2. The van der Waals surface area contributed by atoms with Gasteiger partial charge in [-0.2, -0.15) is 0 Å². The monoisotopic (exact) mass is 682 g/mol. The highest BCUT2D eigenvalue weighted by molar-refractivity contribution is 5.71. The molecule has 0 aromatic heterocycles. The van der Waals surface area contributed by atoms with Crippen LogP contribution < -0.4 is 0 Å². The Labute approximate surface area is 299 Å². The lowest BCUT2D eigenvalue weighted by atomic mass is 9.91. The molecule has 0 fully saturated rings. The highest BCUT2D eigenvalue weighted by Crippen LogP contribution is 2.22. The van der Waals surface area contributed by atoms with Gasteiger partial charge in [0.05, 0.1) is 19.1 Å². The van der Waals surface area contributed by atoms with Gasteiger partial charge in [-0.05, 0) is 70.4 Å². The zero-order valence-electron chi connectivity index (χ0n) is 32.7. The van der Waals surface area contributed by atoms with Crippen molar-refractivity contribution < 1.29 is 24.2 Å². The Kier molecular flexibility index (Phi) is 36.2. The number of unbranched alkanes of at least 4 members (excludes halogenated alkanes) is 16. The molecule has 0 saturated carbocycles. The molecule has 0 heterocycles. The van der Waals surface area contributed by atoms with Gasteiger partial charge in [0.15, 0.2) is 0 Å². The van der Waals surface area contributed by atoms with Crippen LogP contribution in [0.15, 0.2) is 0 Å². The summed E-state index contributed by atoms with van der Waals surface area (Å²) in [5, 5.41) is 9.34. The molecule has 286 valence electrons. The standard InChI is InChI=1S/C42H83NO5/c1-5-8-11-12-13-19-25-37-47-41(45)32-21-15-14-17-23-33-43(35-27-36-44)34-24-18-16-20-28-39(4)42(46)48-38-26-22-31-40(29-9-6-2)30-10-7-3/h39-40,44H,5-38H2,1-4H3. The van der Waals surface area contributed by atoms with Crippen LogP contribution in [0.2, 0.25) is 0 Å². The Hall–Kier alpha value is -1.14. The van der Waals surface area contributed by atoms with E-state index in [2.05, 4.69) is 25.7 Å². The molecule has 0 aliphatic rings. The van der Waals surface area contributed by atoms with E-state index in [1.807, 2.05) is 6.92 Å². The Morgan fingerprint density at radius 1 is 0.521 bits per heavy atom. The van der Waals surface area contributed by atoms with Gasteiger partial charge in [-0.25, -0.2) is 0 Å². The average Bonchev–Trinajstić information content (AvgIpc) is 3.09. The zero-order chi connectivity index (χ0) is 35.3. The van der Waals surface area contributed by atoms with E-state index < -0.39 is 0 Å². The van der Waals surface area contributed by atoms with Crippen molar-refractivity contribution >= 4 is 11.9 Å². The first-order valence-electron chi connectivity index (χ1n) is 21.1. The molecule has 0 radical (unpaired) electrons. The van der Waals surface area contributed by atoms with Gasteiger partial charge < -0.3 is 19.5 Å². The first-order chi connectivity index (χ1) is 23.5. The number of ether oxygens (including phenoxy) is 2. The summed E-state index contributed by atoms with van der Waals surface area (Å²) in [7, 11) is 0. The average molecular weight is 682 g/mol. The Morgan fingerprint density at radius 3 is 1.60 bits per heavy atom. The van der Waals surface area contributed by atoms with E-state index in [1.165, 1.54) is 116 Å². The number of hydrogen-bond acceptors (Lipinski definition) is 6. The molecule has 1 N–H and O–H groups in total. The summed E-state index contributed by atoms with van der Waals surface area (Å²) in [6.07, 6.45) is 32.5. The maximum Gasteiger partial charge on any atom is 0.308 e. The maximum atomic E-state index is 12.5. The minimum absolute atomic E-state index is 0.00605. The fourth-order valence-electron chi connectivity index (χ4n) is 6.61. The van der Waals surface area contributed by atoms with Crippen molar-refractivity contribution in [2.45, 2.75) is 207 Å². The van der Waals surface area contributed by atoms with Gasteiger partial charge in [0.25, 0.3) is 0 Å². The van der Waals surface area contributed by atoms with Crippen molar-refractivity contribution in [1.82, 2.24) is 4.90 Å². The predicted molar refractivity (Wildman–Crippen MR) is 204 cm³/mol. The third-order valence-electron chi connectivity index (χ3n) is 9.95. The zero-order valence-corrected chi connectivity index (χ0v) is 32.7. The van der Waals surface area contributed by atoms with Gasteiger partial charge in [0.2, 0.25) is 0 Å². The second-order valence-electron chi connectivity index (χ2n) is 14.7. The molecule has 1 atom stereocenters. The molecule has 0 rings (SSSR count). The molecule has 0 bridgehead atoms. The lowest BCUT2D eigenvalue weighted by Gasteiger charge is -2.22. The van der Waals surface area contributed by atoms with Gasteiger partial charge in [0, 0.05) is 19.6 Å². The topological polar surface area (TPSA) is 76.1 Å². The number of nitrogens with zero attached hydrogens (tertiary/aromatic N) is 1. The second kappa shape index (κ2) is 37.1. The number of rotatable bonds is 38. The quantitative estimate of drug-likeness (QED) is 0.0516. The summed E-state index contributed by atoms with van der Waals surface area (Å²) in [4.78, 5) is 26.9. The largest absolute Gasteiger partial charge is 0.466 e. The van der Waals surface area contributed by atoms with Crippen LogP contribution in [0.4, 0.5) is 0 Å². The SMILES string of the molecule is CCCCCCCCCOC(=O)CCCCCCCN(CCCO)CCCCCCC(C)C(=O)OCCCCC(CCCC)CCCC. The molecular formula is C42H83NO5. The van der Waals surface area contributed by atoms with E-state index in [0.29, 0.717) is 19.6 Å². The van der Waals surface area contributed by atoms with Gasteiger partial charge >= 0.3 is 11.9 Å². The maximum absolute atomic E-state index is 12.5. The molecule has 0 saturated heterocycles. The summed E-state index contributed by atoms with van der Waals surface area (Å²) < 4.78 is 11.0. The smallest absolute Gasteiger partial charge is 0.308 e. The van der Waals surface area contributed by atoms with Gasteiger partial charge in [-0.15, -0.1) is 0 Å². The molecule has 0 aliphatic carbocycles. The van der Waals surface area contributed by atoms with E-state index in [-0.39, 0.29) is 24.5 Å². The van der Waals surface area contributed by atoms with Crippen LogP contribution in [-0.2, 0) is 19.1 Å². The van der Waals surface area contributed by atoms with Crippen LogP contribution in [0, 0.1) is 11.8 Å². The van der Waals surface area contributed by atoms with E-state index >= 15 is 0 Å². The second-order valence-corrected chi connectivity index (χ2v) is 14.7. The van der Waals surface area contributed by atoms with Crippen molar-refractivity contribution in [2.24, 2.45) is 11.8 Å². The highest BCUT2D eigenvalue weighted by atomic mass is 16.5. The normalized spacial score (nSPS) is 12.2. The van der Waals surface area contributed by atoms with Crippen LogP contribution >= 0.6 is 0 Å². The van der Waals surface area contributed by atoms with Crippen LogP contribution in [0.5, 0.6) is 0 Å². The minimum Gasteiger partial charge on any atom is -0.466 e. The number of hydrogen-bond donors (Lipinski definition) is 1. The molecule has 0 aliphatic heterocycles. The van der Waals surface area contributed by atoms with E-state index in [0.717, 1.165) is 83.3 Å². The Morgan fingerprint density at radius 2 is 0.979 bits per heavy atom. The van der Waals surface area contributed by atoms with Crippen molar-refractivity contribution in [3.8, 4) is 0 Å². The molecule has 0 amide bonds. The molecule has 0 aromatic rings. The summed E-state index contributed by atoms with van der Waals surface area (Å²) in [6.45, 7) is 13.4. The highest BCUT2D eigenvalue weighted by Gasteiger charge is 2.14. The van der Waals surface area contributed by atoms with Crippen LogP contribution in [0.1, 0.15) is 207 Å². The fourth-order valence-corrected chi connectivity index (χ4v) is 6.61. The Bertz CT molecular complexity index is 679.